The van der Waals surface area contributed by atoms with Crippen LogP contribution in [-0.2, 0) is 17.9 Å². The summed E-state index contributed by atoms with van der Waals surface area (Å²) in [6.07, 6.45) is 2.06. The summed E-state index contributed by atoms with van der Waals surface area (Å²) < 4.78 is 23.5. The summed E-state index contributed by atoms with van der Waals surface area (Å²) in [6, 6.07) is 4.74. The highest BCUT2D eigenvalue weighted by atomic mass is 19.1. The SMILES string of the molecule is COCc1nc(CN2CCC[C@H]2c2nc3ccc(F)cc3[nH]2)no1. The van der Waals surface area contributed by atoms with Crippen molar-refractivity contribution in [3.05, 3.63) is 41.6 Å². The fraction of sp³-hybridized carbons (Fsp3) is 0.438. The Bertz CT molecular complexity index is 846. The Morgan fingerprint density at radius 3 is 3.21 bits per heavy atom. The highest BCUT2D eigenvalue weighted by Crippen LogP contribution is 2.32. The van der Waals surface area contributed by atoms with E-state index >= 15 is 0 Å². The van der Waals surface area contributed by atoms with E-state index in [2.05, 4.69) is 25.0 Å². The Morgan fingerprint density at radius 2 is 2.33 bits per heavy atom. The van der Waals surface area contributed by atoms with Gasteiger partial charge in [-0.05, 0) is 37.6 Å². The van der Waals surface area contributed by atoms with Gasteiger partial charge in [0, 0.05) is 7.11 Å². The topological polar surface area (TPSA) is 80.1 Å². The predicted octanol–water partition coefficient (Wildman–Crippen LogP) is 2.57. The number of H-pyrrole nitrogens is 1. The maximum atomic E-state index is 13.4. The van der Waals surface area contributed by atoms with Gasteiger partial charge in [0.15, 0.2) is 5.82 Å². The lowest BCUT2D eigenvalue weighted by atomic mass is 10.2. The number of methoxy groups -OCH3 is 1. The van der Waals surface area contributed by atoms with Crippen molar-refractivity contribution in [3.63, 3.8) is 0 Å². The van der Waals surface area contributed by atoms with E-state index < -0.39 is 0 Å². The zero-order valence-corrected chi connectivity index (χ0v) is 13.3. The molecule has 4 rings (SSSR count). The molecule has 1 aliphatic rings. The van der Waals surface area contributed by atoms with Gasteiger partial charge in [-0.3, -0.25) is 4.90 Å². The highest BCUT2D eigenvalue weighted by Gasteiger charge is 2.29. The van der Waals surface area contributed by atoms with E-state index in [0.29, 0.717) is 24.9 Å². The van der Waals surface area contributed by atoms with Crippen LogP contribution in [0.15, 0.2) is 22.7 Å². The van der Waals surface area contributed by atoms with E-state index in [1.54, 1.807) is 13.2 Å². The second-order valence-corrected chi connectivity index (χ2v) is 5.95. The second-order valence-electron chi connectivity index (χ2n) is 5.95. The average Bonchev–Trinajstić information content (AvgIpc) is 3.27. The van der Waals surface area contributed by atoms with Crippen molar-refractivity contribution < 1.29 is 13.7 Å². The Hall–Kier alpha value is -2.32. The maximum absolute atomic E-state index is 13.4. The summed E-state index contributed by atoms with van der Waals surface area (Å²) >= 11 is 0. The summed E-state index contributed by atoms with van der Waals surface area (Å²) in [7, 11) is 1.59. The first kappa shape index (κ1) is 15.2. The lowest BCUT2D eigenvalue weighted by molar-refractivity contribution is 0.151. The molecule has 0 aliphatic carbocycles. The van der Waals surface area contributed by atoms with Gasteiger partial charge in [-0.1, -0.05) is 5.16 Å². The van der Waals surface area contributed by atoms with Gasteiger partial charge in [-0.15, -0.1) is 0 Å². The number of rotatable bonds is 5. The lowest BCUT2D eigenvalue weighted by Gasteiger charge is -2.20. The Morgan fingerprint density at radius 1 is 1.42 bits per heavy atom. The zero-order valence-electron chi connectivity index (χ0n) is 13.3. The van der Waals surface area contributed by atoms with Gasteiger partial charge in [0.25, 0.3) is 5.89 Å². The standard InChI is InChI=1S/C16H18FN5O2/c1-23-9-15-20-14(21-24-15)8-22-6-2-3-13(22)16-18-11-5-4-10(17)7-12(11)19-16/h4-5,7,13H,2-3,6,8-9H2,1H3,(H,18,19)/t13-/m0/s1. The van der Waals surface area contributed by atoms with E-state index in [1.807, 2.05) is 0 Å². The van der Waals surface area contributed by atoms with E-state index in [0.717, 1.165) is 36.2 Å². The van der Waals surface area contributed by atoms with Crippen LogP contribution in [0.1, 0.15) is 36.4 Å². The van der Waals surface area contributed by atoms with Crippen molar-refractivity contribution in [2.45, 2.75) is 32.0 Å². The molecule has 0 spiro atoms. The predicted molar refractivity (Wildman–Crippen MR) is 83.4 cm³/mol. The highest BCUT2D eigenvalue weighted by molar-refractivity contribution is 5.75. The average molecular weight is 331 g/mol. The smallest absolute Gasteiger partial charge is 0.252 e. The number of nitrogens with zero attached hydrogens (tertiary/aromatic N) is 4. The first-order valence-corrected chi connectivity index (χ1v) is 7.92. The van der Waals surface area contributed by atoms with Crippen LogP contribution in [0.4, 0.5) is 4.39 Å². The van der Waals surface area contributed by atoms with E-state index in [9.17, 15) is 4.39 Å². The van der Waals surface area contributed by atoms with Gasteiger partial charge in [-0.2, -0.15) is 4.98 Å². The molecule has 3 heterocycles. The van der Waals surface area contributed by atoms with Gasteiger partial charge in [0.2, 0.25) is 0 Å². The number of likely N-dealkylation sites (tertiary alicyclic amines) is 1. The minimum absolute atomic E-state index is 0.143. The first-order chi connectivity index (χ1) is 11.7. The number of fused-ring (bicyclic) bond motifs is 1. The molecule has 1 aliphatic heterocycles. The van der Waals surface area contributed by atoms with E-state index in [-0.39, 0.29) is 11.9 Å². The van der Waals surface area contributed by atoms with Crippen molar-refractivity contribution in [2.24, 2.45) is 0 Å². The van der Waals surface area contributed by atoms with E-state index in [4.69, 9.17) is 9.26 Å². The fourth-order valence-corrected chi connectivity index (χ4v) is 3.20. The van der Waals surface area contributed by atoms with Crippen molar-refractivity contribution in [3.8, 4) is 0 Å². The normalized spacial score (nSPS) is 18.7. The molecular weight excluding hydrogens is 313 g/mol. The molecule has 1 aromatic carbocycles. The minimum Gasteiger partial charge on any atom is -0.375 e. The number of ether oxygens (including phenoxy) is 1. The molecule has 0 bridgehead atoms. The zero-order chi connectivity index (χ0) is 16.5. The monoisotopic (exact) mass is 331 g/mol. The largest absolute Gasteiger partial charge is 0.375 e. The molecule has 1 atom stereocenters. The van der Waals surface area contributed by atoms with Crippen LogP contribution in [0.2, 0.25) is 0 Å². The van der Waals surface area contributed by atoms with Crippen LogP contribution in [0, 0.1) is 5.82 Å². The Labute approximate surface area is 137 Å². The van der Waals surface area contributed by atoms with Gasteiger partial charge in [0.05, 0.1) is 23.6 Å². The number of hydrogen-bond donors (Lipinski definition) is 1. The Balaban J connectivity index is 1.54. The van der Waals surface area contributed by atoms with Crippen LogP contribution in [0.3, 0.4) is 0 Å². The fourth-order valence-electron chi connectivity index (χ4n) is 3.20. The molecule has 0 saturated carbocycles. The third-order valence-electron chi connectivity index (χ3n) is 4.26. The molecule has 0 radical (unpaired) electrons. The molecule has 7 nitrogen and oxygen atoms in total. The summed E-state index contributed by atoms with van der Waals surface area (Å²) in [4.78, 5) is 14.4. The van der Waals surface area contributed by atoms with Crippen LogP contribution < -0.4 is 0 Å². The number of imidazole rings is 1. The van der Waals surface area contributed by atoms with Crippen molar-refractivity contribution in [1.82, 2.24) is 25.0 Å². The number of benzene rings is 1. The molecule has 2 aromatic heterocycles. The van der Waals surface area contributed by atoms with Crippen LogP contribution in [-0.4, -0.2) is 38.7 Å². The molecule has 1 saturated heterocycles. The van der Waals surface area contributed by atoms with Crippen molar-refractivity contribution in [2.75, 3.05) is 13.7 Å². The molecule has 1 N–H and O–H groups in total. The number of nitrogens with one attached hydrogen (secondary N) is 1. The molecule has 24 heavy (non-hydrogen) atoms. The van der Waals surface area contributed by atoms with Gasteiger partial charge in [0.1, 0.15) is 18.2 Å². The summed E-state index contributed by atoms with van der Waals surface area (Å²) in [5.41, 5.74) is 1.50. The first-order valence-electron chi connectivity index (χ1n) is 7.92. The number of aromatic nitrogens is 4. The summed E-state index contributed by atoms with van der Waals surface area (Å²) in [6.45, 7) is 1.83. The molecular formula is C16H18FN5O2. The second kappa shape index (κ2) is 6.29. The van der Waals surface area contributed by atoms with Crippen molar-refractivity contribution >= 4 is 11.0 Å². The molecule has 0 amide bonds. The number of aromatic amines is 1. The third kappa shape index (κ3) is 2.90. The molecule has 0 unspecified atom stereocenters. The van der Waals surface area contributed by atoms with Crippen LogP contribution in [0.5, 0.6) is 0 Å². The van der Waals surface area contributed by atoms with Crippen LogP contribution >= 0.6 is 0 Å². The summed E-state index contributed by atoms with van der Waals surface area (Å²) in [5, 5.41) is 3.99. The quantitative estimate of drug-likeness (QED) is 0.774. The van der Waals surface area contributed by atoms with E-state index in [1.165, 1.54) is 12.1 Å². The minimum atomic E-state index is -0.265. The number of halogens is 1. The molecule has 1 fully saturated rings. The molecule has 126 valence electrons. The van der Waals surface area contributed by atoms with Gasteiger partial charge in [-0.25, -0.2) is 9.37 Å². The molecule has 8 heteroatoms. The third-order valence-corrected chi connectivity index (χ3v) is 4.26. The Kier molecular flexibility index (Phi) is 3.99. The van der Waals surface area contributed by atoms with Crippen molar-refractivity contribution in [1.29, 1.82) is 0 Å². The molecule has 3 aromatic rings. The summed E-state index contributed by atoms with van der Waals surface area (Å²) in [5.74, 6) is 1.70. The van der Waals surface area contributed by atoms with Crippen LogP contribution in [0.25, 0.3) is 11.0 Å². The van der Waals surface area contributed by atoms with Gasteiger partial charge >= 0.3 is 0 Å². The van der Waals surface area contributed by atoms with Gasteiger partial charge < -0.3 is 14.2 Å². The number of hydrogen-bond acceptors (Lipinski definition) is 6. The lowest BCUT2D eigenvalue weighted by Crippen LogP contribution is -2.24. The maximum Gasteiger partial charge on any atom is 0.252 e.